The fourth-order valence-electron chi connectivity index (χ4n) is 6.51. The number of esters is 2. The molecular weight excluding hydrogens is 886 g/mol. The SMILES string of the molecule is CCCCC/C=C\C/C=C\C/C=C\CCCCCCC(=O)OC[C@H](COP(=O)(O)OC[C@@H](O)COP(=O)(O)O)OC(=O)CCC/C=C\C[C@H]1[C@@H](O)CC(O)O[C@@H]1/C=C/[C@@H](O)CCCCC. The van der Waals surface area contributed by atoms with Gasteiger partial charge >= 0.3 is 27.6 Å². The van der Waals surface area contributed by atoms with Crippen molar-refractivity contribution in [3.63, 3.8) is 0 Å². The Morgan fingerprint density at radius 3 is 1.92 bits per heavy atom. The van der Waals surface area contributed by atoms with Crippen LogP contribution in [0.2, 0.25) is 0 Å². The first kappa shape index (κ1) is 60.7. The largest absolute Gasteiger partial charge is 0.472 e. The highest BCUT2D eigenvalue weighted by molar-refractivity contribution is 7.47. The second kappa shape index (κ2) is 37.6. The molecule has 65 heavy (non-hydrogen) atoms. The maximum Gasteiger partial charge on any atom is 0.472 e. The third-order valence-electron chi connectivity index (χ3n) is 10.2. The van der Waals surface area contributed by atoms with Crippen LogP contribution in [-0.4, -0.2) is 110 Å². The lowest BCUT2D eigenvalue weighted by Crippen LogP contribution is -2.43. The summed E-state index contributed by atoms with van der Waals surface area (Å²) in [4.78, 5) is 53.0. The molecule has 1 heterocycles. The Balaban J connectivity index is 2.60. The number of allylic oxidation sites excluding steroid dienone is 8. The second-order valence-electron chi connectivity index (χ2n) is 16.2. The highest BCUT2D eigenvalue weighted by atomic mass is 31.2. The van der Waals surface area contributed by atoms with Gasteiger partial charge in [0.1, 0.15) is 12.7 Å². The first-order chi connectivity index (χ1) is 31.0. The molecule has 17 nitrogen and oxygen atoms in total. The molecule has 0 amide bonds. The van der Waals surface area contributed by atoms with Crippen LogP contribution in [0, 0.1) is 5.92 Å². The van der Waals surface area contributed by atoms with Crippen molar-refractivity contribution in [2.75, 3.05) is 26.4 Å². The topological polar surface area (TPSA) is 265 Å². The zero-order chi connectivity index (χ0) is 48.2. The van der Waals surface area contributed by atoms with Gasteiger partial charge in [0.05, 0.1) is 38.1 Å². The number of phosphoric acid groups is 2. The van der Waals surface area contributed by atoms with Crippen molar-refractivity contribution in [3.05, 3.63) is 60.8 Å². The predicted octanol–water partition coefficient (Wildman–Crippen LogP) is 8.11. The molecule has 0 radical (unpaired) electrons. The molecule has 0 spiro atoms. The third kappa shape index (κ3) is 35.5. The average molecular weight is 967 g/mol. The smallest absolute Gasteiger partial charge is 0.462 e. The first-order valence-electron chi connectivity index (χ1n) is 23.4. The maximum atomic E-state index is 12.8. The van der Waals surface area contributed by atoms with E-state index in [4.69, 9.17) is 28.5 Å². The van der Waals surface area contributed by atoms with E-state index in [1.54, 1.807) is 12.2 Å². The second-order valence-corrected chi connectivity index (χ2v) is 18.9. The monoisotopic (exact) mass is 966 g/mol. The minimum Gasteiger partial charge on any atom is -0.462 e. The van der Waals surface area contributed by atoms with E-state index < -0.39 is 90.8 Å². The highest BCUT2D eigenvalue weighted by Crippen LogP contribution is 2.44. The van der Waals surface area contributed by atoms with Crippen LogP contribution in [-0.2, 0) is 46.5 Å². The quantitative estimate of drug-likeness (QED) is 0.0133. The lowest BCUT2D eigenvalue weighted by atomic mass is 9.87. The number of aliphatic hydroxyl groups excluding tert-OH is 4. The van der Waals surface area contributed by atoms with Gasteiger partial charge in [-0.1, -0.05) is 120 Å². The van der Waals surface area contributed by atoms with Gasteiger partial charge in [-0.05, 0) is 70.6 Å². The summed E-state index contributed by atoms with van der Waals surface area (Å²) in [7, 11) is -9.80. The van der Waals surface area contributed by atoms with Crippen LogP contribution in [0.4, 0.5) is 0 Å². The lowest BCUT2D eigenvalue weighted by Gasteiger charge is -2.36. The molecule has 2 unspecified atom stereocenters. The number of carbonyl (C=O) groups excluding carboxylic acids is 2. The van der Waals surface area contributed by atoms with E-state index in [1.165, 1.54) is 19.3 Å². The van der Waals surface area contributed by atoms with Crippen LogP contribution in [0.3, 0.4) is 0 Å². The normalized spacial score (nSPS) is 20.9. The van der Waals surface area contributed by atoms with Gasteiger partial charge in [-0.3, -0.25) is 23.2 Å². The Hall–Kier alpha value is -2.34. The van der Waals surface area contributed by atoms with E-state index in [1.807, 2.05) is 12.2 Å². The van der Waals surface area contributed by atoms with Gasteiger partial charge in [0, 0.05) is 25.2 Å². The summed E-state index contributed by atoms with van der Waals surface area (Å²) in [5.41, 5.74) is 0. The van der Waals surface area contributed by atoms with E-state index in [-0.39, 0.29) is 25.2 Å². The molecule has 8 atom stereocenters. The number of rotatable bonds is 39. The Kier molecular flexibility index (Phi) is 35.1. The summed E-state index contributed by atoms with van der Waals surface area (Å²) >= 11 is 0. The fraction of sp³-hybridized carbons (Fsp3) is 0.739. The molecule has 1 aliphatic heterocycles. The van der Waals surface area contributed by atoms with Crippen LogP contribution >= 0.6 is 15.6 Å². The van der Waals surface area contributed by atoms with Crippen LogP contribution in [0.1, 0.15) is 149 Å². The van der Waals surface area contributed by atoms with Gasteiger partial charge in [0.25, 0.3) is 0 Å². The van der Waals surface area contributed by atoms with Gasteiger partial charge in [0.2, 0.25) is 0 Å². The van der Waals surface area contributed by atoms with Gasteiger partial charge in [-0.15, -0.1) is 0 Å². The van der Waals surface area contributed by atoms with Crippen molar-refractivity contribution in [1.29, 1.82) is 0 Å². The molecule has 1 rings (SSSR count). The zero-order valence-electron chi connectivity index (χ0n) is 38.6. The van der Waals surface area contributed by atoms with Crippen molar-refractivity contribution < 1.29 is 81.6 Å². The summed E-state index contributed by atoms with van der Waals surface area (Å²) in [6.45, 7) is 1.28. The van der Waals surface area contributed by atoms with Crippen LogP contribution in [0.15, 0.2) is 60.8 Å². The number of unbranched alkanes of at least 4 members (excludes halogenated alkanes) is 10. The van der Waals surface area contributed by atoms with Gasteiger partial charge in [-0.2, -0.15) is 0 Å². The molecule has 0 aromatic heterocycles. The standard InChI is InChI=1S/C46H80O17P2/c1-3-5-7-8-9-10-11-12-13-14-15-16-17-18-19-20-25-29-44(50)58-36-40(37-61-65(56,57)60-35-39(48)34-59-64(53,54)55)62-45(51)30-26-22-21-24-28-41-42(49)33-46(52)63-43(41)32-31-38(47)27-23-6-4-2/h9-10,12-13,15-16,21,24,31-32,38-43,46-49,52H,3-8,11,14,17-20,22-23,25-30,33-37H2,1-2H3,(H,56,57)(H2,53,54,55)/b10-9-,13-12-,16-15-,24-21-,32-31+/t38-,39-,40+,41-,42-,43+,46?/m0/s1. The predicted molar refractivity (Wildman–Crippen MR) is 247 cm³/mol. The molecule has 0 bridgehead atoms. The minimum atomic E-state index is -4.91. The van der Waals surface area contributed by atoms with E-state index >= 15 is 0 Å². The molecular formula is C46H80O17P2. The summed E-state index contributed by atoms with van der Waals surface area (Å²) in [5.74, 6) is -1.63. The Morgan fingerprint density at radius 2 is 1.25 bits per heavy atom. The molecule has 0 saturated carbocycles. The van der Waals surface area contributed by atoms with Gasteiger partial charge < -0.3 is 49.3 Å². The maximum absolute atomic E-state index is 12.8. The molecule has 7 N–H and O–H groups in total. The van der Waals surface area contributed by atoms with Crippen LogP contribution in [0.5, 0.6) is 0 Å². The third-order valence-corrected chi connectivity index (χ3v) is 11.6. The van der Waals surface area contributed by atoms with E-state index in [0.29, 0.717) is 32.1 Å². The Labute approximate surface area is 386 Å². The van der Waals surface area contributed by atoms with Crippen molar-refractivity contribution in [2.24, 2.45) is 5.92 Å². The number of ether oxygens (including phenoxy) is 3. The molecule has 0 aliphatic carbocycles. The summed E-state index contributed by atoms with van der Waals surface area (Å²) in [6.07, 6.45) is 29.6. The van der Waals surface area contributed by atoms with Crippen molar-refractivity contribution in [1.82, 2.24) is 0 Å². The zero-order valence-corrected chi connectivity index (χ0v) is 40.4. The molecule has 376 valence electrons. The Morgan fingerprint density at radius 1 is 0.677 bits per heavy atom. The number of hydrogen-bond acceptors (Lipinski definition) is 14. The molecule has 0 aromatic carbocycles. The molecule has 19 heteroatoms. The van der Waals surface area contributed by atoms with Crippen LogP contribution < -0.4 is 0 Å². The summed E-state index contributed by atoms with van der Waals surface area (Å²) in [5, 5.41) is 40.8. The lowest BCUT2D eigenvalue weighted by molar-refractivity contribution is -0.199. The van der Waals surface area contributed by atoms with Gasteiger partial charge in [0.15, 0.2) is 12.4 Å². The number of hydrogen-bond donors (Lipinski definition) is 7. The fourth-order valence-corrected chi connectivity index (χ4v) is 7.67. The summed E-state index contributed by atoms with van der Waals surface area (Å²) in [6, 6.07) is 0. The average Bonchev–Trinajstić information content (AvgIpc) is 3.25. The van der Waals surface area contributed by atoms with E-state index in [9.17, 15) is 44.0 Å². The minimum absolute atomic E-state index is 0.0525. The van der Waals surface area contributed by atoms with Crippen LogP contribution in [0.25, 0.3) is 0 Å². The molecule has 1 aliphatic rings. The number of aliphatic hydroxyl groups is 4. The Bertz CT molecular complexity index is 1500. The van der Waals surface area contributed by atoms with E-state index in [2.05, 4.69) is 59.4 Å². The van der Waals surface area contributed by atoms with Crippen molar-refractivity contribution >= 4 is 27.6 Å². The molecule has 0 aromatic rings. The van der Waals surface area contributed by atoms with Crippen molar-refractivity contribution in [2.45, 2.75) is 185 Å². The highest BCUT2D eigenvalue weighted by Gasteiger charge is 2.35. The summed E-state index contributed by atoms with van der Waals surface area (Å²) < 4.78 is 53.5. The van der Waals surface area contributed by atoms with Crippen molar-refractivity contribution in [3.8, 4) is 0 Å². The van der Waals surface area contributed by atoms with Gasteiger partial charge in [-0.25, -0.2) is 9.13 Å². The molecule has 1 fully saturated rings. The first-order valence-corrected chi connectivity index (χ1v) is 26.4. The number of carbonyl (C=O) groups is 2. The van der Waals surface area contributed by atoms with E-state index in [0.717, 1.165) is 64.2 Å². The molecule has 1 saturated heterocycles. The number of phosphoric ester groups is 2.